The summed E-state index contributed by atoms with van der Waals surface area (Å²) < 4.78 is 0.452. The van der Waals surface area contributed by atoms with Crippen molar-refractivity contribution in [2.24, 2.45) is 4.99 Å². The van der Waals surface area contributed by atoms with Gasteiger partial charge in [-0.15, -0.1) is 0 Å². The fourth-order valence-electron chi connectivity index (χ4n) is 8.06. The van der Waals surface area contributed by atoms with E-state index in [0.29, 0.717) is 10.4 Å². The molecule has 0 saturated heterocycles. The lowest BCUT2D eigenvalue weighted by Crippen LogP contribution is -2.52. The van der Waals surface area contributed by atoms with Crippen LogP contribution in [0.2, 0.25) is 0 Å². The molecule has 0 bridgehead atoms. The molecule has 0 spiro atoms. The third-order valence-electron chi connectivity index (χ3n) is 11.6. The number of hydrogen-bond donors (Lipinski definition) is 0. The van der Waals surface area contributed by atoms with E-state index in [1.54, 1.807) is 0 Å². The predicted molar refractivity (Wildman–Crippen MR) is 224 cm³/mol. The first-order chi connectivity index (χ1) is 24.7. The molecule has 50 heavy (non-hydrogen) atoms. The van der Waals surface area contributed by atoms with Crippen LogP contribution < -0.4 is 0 Å². The van der Waals surface area contributed by atoms with E-state index < -0.39 is 0 Å². The number of hydrogen-bond acceptors (Lipinski definition) is 2. The van der Waals surface area contributed by atoms with Gasteiger partial charge in [-0.1, -0.05) is 233 Å². The largest absolute Gasteiger partial charge is 0.324 e. The van der Waals surface area contributed by atoms with Gasteiger partial charge < -0.3 is 0 Å². The SMILES string of the molecule is CCCCCCCCCCCCCCCC[N+]1(C(=O)CCCCCCCCCCCC)C=CN=C1CCCCCCCCCCCCCCC. The summed E-state index contributed by atoms with van der Waals surface area (Å²) >= 11 is 0. The van der Waals surface area contributed by atoms with Crippen LogP contribution in [0.4, 0.5) is 0 Å². The third-order valence-corrected chi connectivity index (χ3v) is 11.6. The molecule has 1 heterocycles. The first-order valence-electron chi connectivity index (χ1n) is 23.4. The van der Waals surface area contributed by atoms with Gasteiger partial charge in [-0.2, -0.15) is 4.48 Å². The number of amidine groups is 1. The zero-order valence-corrected chi connectivity index (χ0v) is 34.7. The van der Waals surface area contributed by atoms with Crippen LogP contribution in [0.25, 0.3) is 0 Å². The molecule has 1 aliphatic heterocycles. The van der Waals surface area contributed by atoms with Gasteiger partial charge in [0.05, 0.1) is 19.2 Å². The van der Waals surface area contributed by atoms with E-state index in [2.05, 4.69) is 27.0 Å². The van der Waals surface area contributed by atoms with Crippen molar-refractivity contribution < 1.29 is 9.28 Å². The zero-order valence-electron chi connectivity index (χ0n) is 34.7. The number of carbonyl (C=O) groups is 1. The minimum atomic E-state index is 0.418. The van der Waals surface area contributed by atoms with E-state index >= 15 is 0 Å². The second-order valence-corrected chi connectivity index (χ2v) is 16.4. The Labute approximate surface area is 315 Å². The molecule has 1 aliphatic rings. The summed E-state index contributed by atoms with van der Waals surface area (Å²) in [6.45, 7) is 7.83. The molecule has 1 unspecified atom stereocenters. The Morgan fingerprint density at radius 3 is 1.08 bits per heavy atom. The fraction of sp³-hybridized carbons (Fsp3) is 0.915. The number of aliphatic imine (C=N–C) groups is 1. The normalized spacial score (nSPS) is 15.7. The molecule has 0 aromatic heterocycles. The van der Waals surface area contributed by atoms with Crippen LogP contribution in [-0.2, 0) is 4.79 Å². The number of carbonyl (C=O) groups excluding carboxylic acids is 1. The van der Waals surface area contributed by atoms with Crippen molar-refractivity contribution in [2.75, 3.05) is 6.54 Å². The van der Waals surface area contributed by atoms with E-state index in [0.717, 1.165) is 38.1 Å². The lowest BCUT2D eigenvalue weighted by molar-refractivity contribution is -0.708. The van der Waals surface area contributed by atoms with Crippen molar-refractivity contribution in [2.45, 2.75) is 271 Å². The molecule has 1 rings (SSSR count). The molecule has 294 valence electrons. The van der Waals surface area contributed by atoms with Crippen LogP contribution in [0, 0.1) is 0 Å². The Hall–Kier alpha value is -0.960. The molecule has 0 aliphatic carbocycles. The van der Waals surface area contributed by atoms with Gasteiger partial charge in [-0.25, -0.2) is 9.79 Å². The minimum absolute atomic E-state index is 0.418. The number of amides is 1. The van der Waals surface area contributed by atoms with Crippen LogP contribution >= 0.6 is 0 Å². The quantitative estimate of drug-likeness (QED) is 0.0462. The Balaban J connectivity index is 2.37. The molecule has 3 nitrogen and oxygen atoms in total. The highest BCUT2D eigenvalue weighted by Gasteiger charge is 2.41. The molecule has 0 N–H and O–H groups in total. The maximum absolute atomic E-state index is 14.0. The molecule has 0 aromatic carbocycles. The first-order valence-corrected chi connectivity index (χ1v) is 23.4. The first kappa shape index (κ1) is 47.1. The van der Waals surface area contributed by atoms with Crippen LogP contribution in [0.1, 0.15) is 271 Å². The number of unbranched alkanes of at least 4 members (excludes halogenated alkanes) is 34. The Kier molecular flexibility index (Phi) is 34.3. The molecule has 0 aromatic rings. The summed E-state index contributed by atoms with van der Waals surface area (Å²) in [5.41, 5.74) is 0. The number of quaternary nitrogens is 1. The molecule has 0 saturated carbocycles. The van der Waals surface area contributed by atoms with Crippen LogP contribution in [0.15, 0.2) is 17.4 Å². The summed E-state index contributed by atoms with van der Waals surface area (Å²) in [6, 6.07) is 0. The highest BCUT2D eigenvalue weighted by molar-refractivity contribution is 5.90. The lowest BCUT2D eigenvalue weighted by atomic mass is 10.0. The van der Waals surface area contributed by atoms with Gasteiger partial charge in [0.1, 0.15) is 6.20 Å². The van der Waals surface area contributed by atoms with E-state index in [-0.39, 0.29) is 0 Å². The molecule has 1 atom stereocenters. The van der Waals surface area contributed by atoms with Crippen molar-refractivity contribution in [1.82, 2.24) is 0 Å². The summed E-state index contributed by atoms with van der Waals surface area (Å²) in [6.07, 6.45) is 56.2. The average molecular weight is 700 g/mol. The van der Waals surface area contributed by atoms with E-state index in [1.807, 2.05) is 6.20 Å². The standard InChI is InChI=1S/C47H91N2O/c1-4-7-10-13-16-19-22-24-26-28-31-34-37-40-44-49(47(50)42-39-36-33-30-21-18-15-12-9-6-3)45-43-48-46(49)41-38-35-32-29-27-25-23-20-17-14-11-8-5-2/h43,45H,4-42,44H2,1-3H3/q+1. The van der Waals surface area contributed by atoms with Gasteiger partial charge in [-0.3, -0.25) is 0 Å². The Morgan fingerprint density at radius 1 is 0.420 bits per heavy atom. The zero-order chi connectivity index (χ0) is 36.1. The van der Waals surface area contributed by atoms with Gasteiger partial charge in [0, 0.05) is 6.42 Å². The molecule has 3 heteroatoms. The van der Waals surface area contributed by atoms with E-state index in [4.69, 9.17) is 4.99 Å². The lowest BCUT2D eigenvalue weighted by Gasteiger charge is -2.30. The van der Waals surface area contributed by atoms with Crippen LogP contribution in [-0.4, -0.2) is 22.8 Å². The topological polar surface area (TPSA) is 29.4 Å². The van der Waals surface area contributed by atoms with Gasteiger partial charge in [0.15, 0.2) is 0 Å². The van der Waals surface area contributed by atoms with Crippen molar-refractivity contribution in [1.29, 1.82) is 0 Å². The van der Waals surface area contributed by atoms with Crippen molar-refractivity contribution >= 4 is 11.7 Å². The maximum Gasteiger partial charge on any atom is 0.324 e. The van der Waals surface area contributed by atoms with Gasteiger partial charge in [0.2, 0.25) is 5.84 Å². The summed E-state index contributed by atoms with van der Waals surface area (Å²) in [5, 5.41) is 0. The highest BCUT2D eigenvalue weighted by Crippen LogP contribution is 2.26. The summed E-state index contributed by atoms with van der Waals surface area (Å²) in [5.74, 6) is 1.57. The highest BCUT2D eigenvalue weighted by atomic mass is 16.2. The Bertz CT molecular complexity index is 788. The predicted octanol–water partition coefficient (Wildman–Crippen LogP) is 16.5. The van der Waals surface area contributed by atoms with Gasteiger partial charge >= 0.3 is 5.91 Å². The second kappa shape index (κ2) is 36.4. The molecular weight excluding hydrogens is 609 g/mol. The number of rotatable bonds is 40. The van der Waals surface area contributed by atoms with Crippen molar-refractivity contribution in [3.05, 3.63) is 12.4 Å². The molecule has 0 radical (unpaired) electrons. The second-order valence-electron chi connectivity index (χ2n) is 16.4. The smallest absolute Gasteiger partial charge is 0.230 e. The van der Waals surface area contributed by atoms with E-state index in [9.17, 15) is 4.79 Å². The molecule has 1 amide bonds. The van der Waals surface area contributed by atoms with Crippen LogP contribution in [0.5, 0.6) is 0 Å². The maximum atomic E-state index is 14.0. The summed E-state index contributed by atoms with van der Waals surface area (Å²) in [4.78, 5) is 18.8. The summed E-state index contributed by atoms with van der Waals surface area (Å²) in [7, 11) is 0. The van der Waals surface area contributed by atoms with Gasteiger partial charge in [0.25, 0.3) is 0 Å². The van der Waals surface area contributed by atoms with Crippen LogP contribution in [0.3, 0.4) is 0 Å². The average Bonchev–Trinajstić information content (AvgIpc) is 3.54. The Morgan fingerprint density at radius 2 is 0.720 bits per heavy atom. The number of nitrogens with zero attached hydrogens (tertiary/aromatic N) is 2. The molecule has 0 fully saturated rings. The van der Waals surface area contributed by atoms with Crippen molar-refractivity contribution in [3.63, 3.8) is 0 Å². The fourth-order valence-corrected chi connectivity index (χ4v) is 8.06. The minimum Gasteiger partial charge on any atom is -0.230 e. The van der Waals surface area contributed by atoms with Crippen molar-refractivity contribution in [3.8, 4) is 0 Å². The third kappa shape index (κ3) is 25.9. The monoisotopic (exact) mass is 700 g/mol. The van der Waals surface area contributed by atoms with Gasteiger partial charge in [-0.05, 0) is 25.7 Å². The molecular formula is C47H91N2O+. The van der Waals surface area contributed by atoms with E-state index in [1.165, 1.54) is 225 Å².